The second-order valence-electron chi connectivity index (χ2n) is 3.20. The molecule has 98 valence electrons. The molecule has 0 aliphatic rings. The van der Waals surface area contributed by atoms with Gasteiger partial charge in [0.15, 0.2) is 0 Å². The first-order valence-electron chi connectivity index (χ1n) is 5.32. The Labute approximate surface area is 99.8 Å². The van der Waals surface area contributed by atoms with Crippen LogP contribution in [-0.4, -0.2) is 48.7 Å². The Bertz CT molecular complexity index is 292. The Balaban J connectivity index is 4.57. The number of hydrogen-bond acceptors (Lipinski definition) is 5. The molecular formula is C10H18N2O5. The van der Waals surface area contributed by atoms with Gasteiger partial charge in [0.2, 0.25) is 0 Å². The van der Waals surface area contributed by atoms with Gasteiger partial charge in [-0.25, -0.2) is 9.59 Å². The van der Waals surface area contributed by atoms with Gasteiger partial charge in [0, 0.05) is 0 Å². The third-order valence-corrected chi connectivity index (χ3v) is 1.98. The summed E-state index contributed by atoms with van der Waals surface area (Å²) in [4.78, 5) is 34.6. The minimum Gasteiger partial charge on any atom is -0.465 e. The van der Waals surface area contributed by atoms with Crippen molar-refractivity contribution in [2.24, 2.45) is 5.73 Å². The highest BCUT2D eigenvalue weighted by molar-refractivity contribution is 5.86. The summed E-state index contributed by atoms with van der Waals surface area (Å²) in [6.07, 6.45) is 0. The first-order valence-corrected chi connectivity index (χ1v) is 5.32. The molecule has 7 nitrogen and oxygen atoms in total. The molecular weight excluding hydrogens is 228 g/mol. The molecule has 0 aromatic carbocycles. The van der Waals surface area contributed by atoms with Gasteiger partial charge in [0.05, 0.1) is 13.2 Å². The number of carbonyl (C=O) groups is 3. The smallest absolute Gasteiger partial charge is 0.328 e. The van der Waals surface area contributed by atoms with E-state index in [1.54, 1.807) is 13.8 Å². The first kappa shape index (κ1) is 15.2. The molecule has 0 aliphatic carbocycles. The summed E-state index contributed by atoms with van der Waals surface area (Å²) in [5.74, 6) is -1.24. The van der Waals surface area contributed by atoms with E-state index in [0.717, 1.165) is 4.90 Å². The number of nitrogens with two attached hydrogens (primary N) is 1. The fourth-order valence-corrected chi connectivity index (χ4v) is 1.14. The topological polar surface area (TPSA) is 98.9 Å². The number of amides is 2. The Hall–Kier alpha value is -1.79. The van der Waals surface area contributed by atoms with Crippen LogP contribution in [0.25, 0.3) is 0 Å². The maximum Gasteiger partial charge on any atom is 0.328 e. The second kappa shape index (κ2) is 7.48. The molecule has 2 N–H and O–H groups in total. The summed E-state index contributed by atoms with van der Waals surface area (Å²) in [6, 6.07) is -1.80. The zero-order chi connectivity index (χ0) is 13.4. The minimum atomic E-state index is -0.920. The first-order chi connectivity index (χ1) is 7.93. The van der Waals surface area contributed by atoms with Crippen LogP contribution in [0.3, 0.4) is 0 Å². The molecule has 0 heterocycles. The van der Waals surface area contributed by atoms with Gasteiger partial charge in [-0.1, -0.05) is 0 Å². The zero-order valence-corrected chi connectivity index (χ0v) is 10.3. The number of rotatable bonds is 6. The fraction of sp³-hybridized carbons (Fsp3) is 0.700. The van der Waals surface area contributed by atoms with Crippen LogP contribution in [0.5, 0.6) is 0 Å². The molecule has 17 heavy (non-hydrogen) atoms. The lowest BCUT2D eigenvalue weighted by atomic mass is 10.3. The van der Waals surface area contributed by atoms with E-state index in [4.69, 9.17) is 10.5 Å². The Morgan fingerprint density at radius 3 is 2.12 bits per heavy atom. The van der Waals surface area contributed by atoms with Crippen LogP contribution in [0.1, 0.15) is 20.8 Å². The predicted octanol–water partition coefficient (Wildman–Crippen LogP) is -0.118. The van der Waals surface area contributed by atoms with Crippen LogP contribution in [0.2, 0.25) is 0 Å². The van der Waals surface area contributed by atoms with Crippen LogP contribution in [0, 0.1) is 0 Å². The molecule has 2 amide bonds. The number of esters is 2. The predicted molar refractivity (Wildman–Crippen MR) is 59.0 cm³/mol. The van der Waals surface area contributed by atoms with Gasteiger partial charge in [0.1, 0.15) is 12.6 Å². The number of ether oxygens (including phenoxy) is 2. The molecule has 0 aromatic heterocycles. The fourth-order valence-electron chi connectivity index (χ4n) is 1.14. The number of nitrogens with zero attached hydrogens (tertiary/aromatic N) is 1. The van der Waals surface area contributed by atoms with Gasteiger partial charge in [0.25, 0.3) is 0 Å². The molecule has 0 saturated carbocycles. The van der Waals surface area contributed by atoms with Crippen LogP contribution >= 0.6 is 0 Å². The van der Waals surface area contributed by atoms with Crippen molar-refractivity contribution in [2.45, 2.75) is 26.8 Å². The highest BCUT2D eigenvalue weighted by Crippen LogP contribution is 2.02. The third-order valence-electron chi connectivity index (χ3n) is 1.98. The standard InChI is InChI=1S/C10H18N2O5/c1-4-16-8(13)6-12(10(11)15)7(3)9(14)17-5-2/h7H,4-6H2,1-3H3,(H2,11,15). The summed E-state index contributed by atoms with van der Waals surface area (Å²) in [7, 11) is 0. The zero-order valence-electron chi connectivity index (χ0n) is 10.3. The minimum absolute atomic E-state index is 0.190. The van der Waals surface area contributed by atoms with E-state index < -0.39 is 24.0 Å². The lowest BCUT2D eigenvalue weighted by Gasteiger charge is -2.24. The normalized spacial score (nSPS) is 11.5. The van der Waals surface area contributed by atoms with Gasteiger partial charge >= 0.3 is 18.0 Å². The van der Waals surface area contributed by atoms with Crippen LogP contribution < -0.4 is 5.73 Å². The van der Waals surface area contributed by atoms with E-state index in [0.29, 0.717) is 0 Å². The van der Waals surface area contributed by atoms with Crippen molar-refractivity contribution in [1.29, 1.82) is 0 Å². The highest BCUT2D eigenvalue weighted by atomic mass is 16.5. The lowest BCUT2D eigenvalue weighted by Crippen LogP contribution is -2.49. The van der Waals surface area contributed by atoms with Gasteiger partial charge in [-0.05, 0) is 20.8 Å². The second-order valence-corrected chi connectivity index (χ2v) is 3.20. The number of urea groups is 1. The van der Waals surface area contributed by atoms with E-state index in [-0.39, 0.29) is 19.8 Å². The van der Waals surface area contributed by atoms with Crippen molar-refractivity contribution < 1.29 is 23.9 Å². The van der Waals surface area contributed by atoms with E-state index >= 15 is 0 Å². The molecule has 0 bridgehead atoms. The largest absolute Gasteiger partial charge is 0.465 e. The van der Waals surface area contributed by atoms with Crippen molar-refractivity contribution in [1.82, 2.24) is 4.90 Å². The summed E-state index contributed by atoms with van der Waals surface area (Å²) in [5, 5.41) is 0. The van der Waals surface area contributed by atoms with Crippen molar-refractivity contribution in [3.05, 3.63) is 0 Å². The summed E-state index contributed by atoms with van der Waals surface area (Å²) < 4.78 is 9.41. The molecule has 0 aromatic rings. The van der Waals surface area contributed by atoms with Crippen LogP contribution in [0.4, 0.5) is 4.79 Å². The number of hydrogen-bond donors (Lipinski definition) is 1. The molecule has 0 saturated heterocycles. The molecule has 7 heteroatoms. The van der Waals surface area contributed by atoms with Crippen molar-refractivity contribution >= 4 is 18.0 Å². The van der Waals surface area contributed by atoms with Gasteiger partial charge in [-0.3, -0.25) is 4.79 Å². The third kappa shape index (κ3) is 5.19. The monoisotopic (exact) mass is 246 g/mol. The van der Waals surface area contributed by atoms with E-state index in [9.17, 15) is 14.4 Å². The van der Waals surface area contributed by atoms with E-state index in [2.05, 4.69) is 4.74 Å². The highest BCUT2D eigenvalue weighted by Gasteiger charge is 2.27. The van der Waals surface area contributed by atoms with E-state index in [1.165, 1.54) is 6.92 Å². The van der Waals surface area contributed by atoms with E-state index in [1.807, 2.05) is 0 Å². The van der Waals surface area contributed by atoms with Gasteiger partial charge < -0.3 is 20.1 Å². The van der Waals surface area contributed by atoms with Crippen LogP contribution in [-0.2, 0) is 19.1 Å². The summed E-state index contributed by atoms with van der Waals surface area (Å²) in [6.45, 7) is 4.73. The maximum atomic E-state index is 11.4. The molecule has 1 unspecified atom stereocenters. The Morgan fingerprint density at radius 2 is 1.71 bits per heavy atom. The van der Waals surface area contributed by atoms with Crippen molar-refractivity contribution in [3.8, 4) is 0 Å². The number of primary amides is 1. The molecule has 0 radical (unpaired) electrons. The summed E-state index contributed by atoms with van der Waals surface area (Å²) in [5.41, 5.74) is 5.09. The molecule has 1 atom stereocenters. The molecule has 0 fully saturated rings. The van der Waals surface area contributed by atoms with Crippen molar-refractivity contribution in [3.63, 3.8) is 0 Å². The average Bonchev–Trinajstić information content (AvgIpc) is 2.25. The number of carbonyl (C=O) groups excluding carboxylic acids is 3. The SMILES string of the molecule is CCOC(=O)CN(C(N)=O)C(C)C(=O)OCC. The van der Waals surface area contributed by atoms with Crippen LogP contribution in [0.15, 0.2) is 0 Å². The van der Waals surface area contributed by atoms with Crippen molar-refractivity contribution in [2.75, 3.05) is 19.8 Å². The van der Waals surface area contributed by atoms with Gasteiger partial charge in [-0.2, -0.15) is 0 Å². The quantitative estimate of drug-likeness (QED) is 0.659. The Kier molecular flexibility index (Phi) is 6.69. The summed E-state index contributed by atoms with van der Waals surface area (Å²) >= 11 is 0. The molecule has 0 aliphatic heterocycles. The Morgan fingerprint density at radius 1 is 1.18 bits per heavy atom. The average molecular weight is 246 g/mol. The van der Waals surface area contributed by atoms with Gasteiger partial charge in [-0.15, -0.1) is 0 Å². The lowest BCUT2D eigenvalue weighted by molar-refractivity contribution is -0.150. The molecule has 0 rings (SSSR count). The maximum absolute atomic E-state index is 11.4. The molecule has 0 spiro atoms.